The first-order valence-electron chi connectivity index (χ1n) is 7.44. The van der Waals surface area contributed by atoms with Crippen molar-refractivity contribution in [2.75, 3.05) is 18.9 Å². The van der Waals surface area contributed by atoms with Crippen LogP contribution in [0.5, 0.6) is 5.88 Å². The largest absolute Gasteiger partial charge is 0.476 e. The number of hydrogen-bond acceptors (Lipinski definition) is 7. The molecule has 0 bridgehead atoms. The van der Waals surface area contributed by atoms with Crippen molar-refractivity contribution in [2.24, 2.45) is 5.41 Å². The Morgan fingerprint density at radius 2 is 2.35 bits per heavy atom. The minimum absolute atomic E-state index is 0.0895. The van der Waals surface area contributed by atoms with Crippen LogP contribution in [-0.2, 0) is 0 Å². The maximum atomic E-state index is 10.3. The van der Waals surface area contributed by atoms with E-state index in [1.54, 1.807) is 6.33 Å². The van der Waals surface area contributed by atoms with E-state index in [4.69, 9.17) is 16.9 Å². The normalized spacial score (nSPS) is 27.2. The predicted molar refractivity (Wildman–Crippen MR) is 83.5 cm³/mol. The molecule has 3 rings (SSSR count). The molecule has 2 heterocycles. The van der Waals surface area contributed by atoms with Crippen LogP contribution in [0.25, 0.3) is 11.2 Å². The molecule has 3 atom stereocenters. The molecule has 122 valence electrons. The van der Waals surface area contributed by atoms with E-state index in [1.165, 1.54) is 0 Å². The van der Waals surface area contributed by atoms with Crippen molar-refractivity contribution in [3.63, 3.8) is 0 Å². The van der Waals surface area contributed by atoms with Gasteiger partial charge in [0.15, 0.2) is 11.2 Å². The van der Waals surface area contributed by atoms with Gasteiger partial charge >= 0.3 is 0 Å². The Morgan fingerprint density at radius 3 is 2.96 bits per heavy atom. The van der Waals surface area contributed by atoms with E-state index >= 15 is 0 Å². The molecule has 8 heteroatoms. The number of hydrogen-bond donors (Lipinski definition) is 3. The van der Waals surface area contributed by atoms with Gasteiger partial charge in [-0.1, -0.05) is 5.92 Å². The molecular weight excluding hydrogens is 298 g/mol. The van der Waals surface area contributed by atoms with Crippen LogP contribution < -0.4 is 10.5 Å². The molecule has 2 aromatic heterocycles. The lowest BCUT2D eigenvalue weighted by Gasteiger charge is -2.23. The zero-order chi connectivity index (χ0) is 16.6. The summed E-state index contributed by atoms with van der Waals surface area (Å²) < 4.78 is 7.27. The molecule has 4 N–H and O–H groups in total. The van der Waals surface area contributed by atoms with Gasteiger partial charge in [-0.25, -0.2) is 4.98 Å². The first-order valence-corrected chi connectivity index (χ1v) is 7.44. The number of nitrogens with two attached hydrogens (primary N) is 1. The van der Waals surface area contributed by atoms with E-state index in [1.807, 2.05) is 11.5 Å². The summed E-state index contributed by atoms with van der Waals surface area (Å²) in [5, 5.41) is 19.8. The summed E-state index contributed by atoms with van der Waals surface area (Å²) in [4.78, 5) is 12.6. The van der Waals surface area contributed by atoms with Crippen LogP contribution in [0, 0.1) is 17.8 Å². The van der Waals surface area contributed by atoms with Crippen LogP contribution in [-0.4, -0.2) is 49.0 Å². The third-order valence-corrected chi connectivity index (χ3v) is 4.38. The van der Waals surface area contributed by atoms with E-state index < -0.39 is 11.5 Å². The minimum atomic E-state index is -0.942. The lowest BCUT2D eigenvalue weighted by atomic mass is 9.86. The van der Waals surface area contributed by atoms with Crippen LogP contribution in [0.4, 0.5) is 5.95 Å². The third-order valence-electron chi connectivity index (χ3n) is 4.38. The van der Waals surface area contributed by atoms with E-state index in [0.717, 1.165) is 0 Å². The Hall–Kier alpha value is -2.37. The van der Waals surface area contributed by atoms with Crippen molar-refractivity contribution in [1.29, 1.82) is 0 Å². The Balaban J connectivity index is 2.04. The number of imidazole rings is 1. The highest BCUT2D eigenvalue weighted by Gasteiger charge is 2.46. The minimum Gasteiger partial charge on any atom is -0.476 e. The monoisotopic (exact) mass is 317 g/mol. The second-order valence-corrected chi connectivity index (χ2v) is 5.71. The molecule has 0 saturated heterocycles. The Kier molecular flexibility index (Phi) is 3.83. The SMILES string of the molecule is C#C[C@@]1(CO)C[C@H](n2cnc3c(OCC)nc(N)nc32)C[C@H]1O. The van der Waals surface area contributed by atoms with Crippen molar-refractivity contribution >= 4 is 17.1 Å². The van der Waals surface area contributed by atoms with Gasteiger partial charge < -0.3 is 25.3 Å². The molecule has 0 aliphatic heterocycles. The zero-order valence-electron chi connectivity index (χ0n) is 12.8. The van der Waals surface area contributed by atoms with Gasteiger partial charge in [-0.15, -0.1) is 6.42 Å². The molecule has 8 nitrogen and oxygen atoms in total. The average molecular weight is 317 g/mol. The van der Waals surface area contributed by atoms with Crippen LogP contribution >= 0.6 is 0 Å². The van der Waals surface area contributed by atoms with Gasteiger partial charge in [0.05, 0.1) is 31.1 Å². The van der Waals surface area contributed by atoms with Crippen molar-refractivity contribution in [3.05, 3.63) is 6.33 Å². The van der Waals surface area contributed by atoms with Gasteiger partial charge in [-0.2, -0.15) is 9.97 Å². The van der Waals surface area contributed by atoms with Crippen LogP contribution in [0.1, 0.15) is 25.8 Å². The second-order valence-electron chi connectivity index (χ2n) is 5.71. The fourth-order valence-corrected chi connectivity index (χ4v) is 3.12. The lowest BCUT2D eigenvalue weighted by molar-refractivity contribution is 0.0475. The fourth-order valence-electron chi connectivity index (χ4n) is 3.12. The van der Waals surface area contributed by atoms with Crippen LogP contribution in [0.15, 0.2) is 6.33 Å². The maximum Gasteiger partial charge on any atom is 0.247 e. The van der Waals surface area contributed by atoms with Crippen molar-refractivity contribution in [2.45, 2.75) is 31.9 Å². The van der Waals surface area contributed by atoms with E-state index in [9.17, 15) is 10.2 Å². The number of aliphatic hydroxyl groups excluding tert-OH is 2. The van der Waals surface area contributed by atoms with Crippen LogP contribution in [0.3, 0.4) is 0 Å². The number of fused-ring (bicyclic) bond motifs is 1. The fraction of sp³-hybridized carbons (Fsp3) is 0.533. The molecule has 1 saturated carbocycles. The Bertz CT molecular complexity index is 768. The first-order chi connectivity index (χ1) is 11.0. The topological polar surface area (TPSA) is 119 Å². The number of aliphatic hydroxyl groups is 2. The smallest absolute Gasteiger partial charge is 0.247 e. The number of nitrogens with zero attached hydrogens (tertiary/aromatic N) is 4. The average Bonchev–Trinajstić information content (AvgIpc) is 3.09. The Morgan fingerprint density at radius 1 is 1.57 bits per heavy atom. The number of anilines is 1. The molecule has 0 aromatic carbocycles. The number of ether oxygens (including phenoxy) is 1. The standard InChI is InChI=1S/C15H19N5O3/c1-3-15(7-21)6-9(5-10(15)22)20-8-17-11-12(20)18-14(16)19-13(11)23-4-2/h1,8-10,21-22H,4-7H2,2H3,(H2,16,18,19)/t9-,10-,15+/m1/s1. The van der Waals surface area contributed by atoms with Gasteiger partial charge in [-0.05, 0) is 19.8 Å². The number of terminal acetylenes is 1. The number of nitrogen functional groups attached to an aromatic ring is 1. The van der Waals surface area contributed by atoms with Crippen LogP contribution in [0.2, 0.25) is 0 Å². The highest BCUT2D eigenvalue weighted by molar-refractivity contribution is 5.77. The zero-order valence-corrected chi connectivity index (χ0v) is 12.8. The lowest BCUT2D eigenvalue weighted by Crippen LogP contribution is -2.31. The number of aromatic nitrogens is 4. The van der Waals surface area contributed by atoms with Crippen molar-refractivity contribution in [3.8, 4) is 18.2 Å². The van der Waals surface area contributed by atoms with E-state index in [-0.39, 0.29) is 18.6 Å². The highest BCUT2D eigenvalue weighted by atomic mass is 16.5. The summed E-state index contributed by atoms with van der Waals surface area (Å²) in [7, 11) is 0. The molecule has 2 aromatic rings. The van der Waals surface area contributed by atoms with Gasteiger partial charge in [0.2, 0.25) is 11.8 Å². The van der Waals surface area contributed by atoms with Crippen molar-refractivity contribution in [1.82, 2.24) is 19.5 Å². The van der Waals surface area contributed by atoms with Gasteiger partial charge in [0.25, 0.3) is 0 Å². The van der Waals surface area contributed by atoms with Crippen molar-refractivity contribution < 1.29 is 14.9 Å². The first kappa shape index (κ1) is 15.5. The molecule has 0 spiro atoms. The Labute approximate surface area is 133 Å². The van der Waals surface area contributed by atoms with Gasteiger partial charge in [0.1, 0.15) is 0 Å². The second kappa shape index (κ2) is 5.68. The highest BCUT2D eigenvalue weighted by Crippen LogP contribution is 2.44. The molecule has 0 radical (unpaired) electrons. The summed E-state index contributed by atoms with van der Waals surface area (Å²) in [6.45, 7) is 2.01. The third kappa shape index (κ3) is 2.38. The van der Waals surface area contributed by atoms with Gasteiger partial charge in [0, 0.05) is 6.04 Å². The summed E-state index contributed by atoms with van der Waals surface area (Å²) in [6.07, 6.45) is 7.19. The molecular formula is C15H19N5O3. The molecule has 0 amide bonds. The van der Waals surface area contributed by atoms with Gasteiger partial charge in [-0.3, -0.25) is 0 Å². The summed E-state index contributed by atoms with van der Waals surface area (Å²) in [6, 6.07) is -0.137. The molecule has 1 fully saturated rings. The molecule has 23 heavy (non-hydrogen) atoms. The molecule has 0 unspecified atom stereocenters. The summed E-state index contributed by atoms with van der Waals surface area (Å²) in [5.74, 6) is 2.96. The summed E-state index contributed by atoms with van der Waals surface area (Å²) in [5.41, 5.74) is 5.85. The van der Waals surface area contributed by atoms with E-state index in [0.29, 0.717) is 36.5 Å². The molecule has 1 aliphatic rings. The maximum absolute atomic E-state index is 10.3. The summed E-state index contributed by atoms with van der Waals surface area (Å²) >= 11 is 0. The number of rotatable bonds is 4. The predicted octanol–water partition coefficient (Wildman–Crippen LogP) is 0.115. The quantitative estimate of drug-likeness (QED) is 0.685. The van der Waals surface area contributed by atoms with E-state index in [2.05, 4.69) is 20.9 Å². The molecule has 1 aliphatic carbocycles.